The van der Waals surface area contributed by atoms with E-state index in [1.54, 1.807) is 37.6 Å². The maximum absolute atomic E-state index is 10.9. The fourth-order valence-electron chi connectivity index (χ4n) is 2.05. The van der Waals surface area contributed by atoms with Crippen LogP contribution in [0.15, 0.2) is 41.4 Å². The highest BCUT2D eigenvalue weighted by molar-refractivity contribution is 6.32. The van der Waals surface area contributed by atoms with Crippen LogP contribution in [0.5, 0.6) is 11.5 Å². The Morgan fingerprint density at radius 2 is 2.00 bits per heavy atom. The van der Waals surface area contributed by atoms with Gasteiger partial charge in [0.1, 0.15) is 0 Å². The first-order chi connectivity index (χ1) is 11.9. The summed E-state index contributed by atoms with van der Waals surface area (Å²) in [5.41, 5.74) is 1.61. The number of ether oxygens (including phenoxy) is 2. The molecule has 2 aromatic rings. The number of nitrogens with zero attached hydrogens (tertiary/aromatic N) is 1. The highest BCUT2D eigenvalue weighted by Gasteiger charge is 2.14. The third-order valence-corrected chi connectivity index (χ3v) is 3.90. The second-order valence-corrected chi connectivity index (χ2v) is 5.89. The minimum absolute atomic E-state index is 0.0265. The summed E-state index contributed by atoms with van der Waals surface area (Å²) in [4.78, 5) is 15.2. The van der Waals surface area contributed by atoms with Crippen molar-refractivity contribution >= 4 is 29.5 Å². The third kappa shape index (κ3) is 4.97. The largest absolute Gasteiger partial charge is 0.493 e. The predicted molar refractivity (Wildman–Crippen MR) is 99.0 cm³/mol. The predicted octanol–water partition coefficient (Wildman–Crippen LogP) is 4.97. The van der Waals surface area contributed by atoms with Crippen LogP contribution in [-0.4, -0.2) is 30.5 Å². The summed E-state index contributed by atoms with van der Waals surface area (Å²) in [5.74, 6) is 0.0842. The van der Waals surface area contributed by atoms with E-state index in [0.717, 1.165) is 12.0 Å². The van der Waals surface area contributed by atoms with Crippen molar-refractivity contribution < 1.29 is 19.4 Å². The van der Waals surface area contributed by atoms with Crippen molar-refractivity contribution in [3.63, 3.8) is 0 Å². The number of hydrogen-bond donors (Lipinski definition) is 1. The molecule has 0 aliphatic heterocycles. The fourth-order valence-corrected chi connectivity index (χ4v) is 2.32. The summed E-state index contributed by atoms with van der Waals surface area (Å²) >= 11 is 6.32. The van der Waals surface area contributed by atoms with Gasteiger partial charge in [-0.25, -0.2) is 4.79 Å². The van der Waals surface area contributed by atoms with Gasteiger partial charge in [0, 0.05) is 6.21 Å². The molecule has 6 heteroatoms. The molecular weight excluding hydrogens is 342 g/mol. The molecule has 0 amide bonds. The lowest BCUT2D eigenvalue weighted by Crippen LogP contribution is -2.11. The molecule has 1 atom stereocenters. The normalized spacial score (nSPS) is 12.2. The minimum Gasteiger partial charge on any atom is -0.493 e. The molecule has 0 bridgehead atoms. The van der Waals surface area contributed by atoms with Crippen molar-refractivity contribution in [3.8, 4) is 11.5 Å². The van der Waals surface area contributed by atoms with Gasteiger partial charge >= 0.3 is 5.97 Å². The highest BCUT2D eigenvalue weighted by atomic mass is 35.5. The molecule has 5 nitrogen and oxygen atoms in total. The number of benzene rings is 2. The van der Waals surface area contributed by atoms with Gasteiger partial charge in [0.15, 0.2) is 11.5 Å². The van der Waals surface area contributed by atoms with Gasteiger partial charge in [-0.15, -0.1) is 0 Å². The average molecular weight is 362 g/mol. The first-order valence-corrected chi connectivity index (χ1v) is 8.24. The number of halogens is 1. The molecule has 0 aliphatic rings. The maximum atomic E-state index is 10.9. The molecule has 25 heavy (non-hydrogen) atoms. The van der Waals surface area contributed by atoms with Crippen LogP contribution in [0.4, 0.5) is 5.69 Å². The van der Waals surface area contributed by atoms with Crippen molar-refractivity contribution in [1.82, 2.24) is 0 Å². The minimum atomic E-state index is -0.969. The van der Waals surface area contributed by atoms with Crippen LogP contribution in [0, 0.1) is 0 Å². The van der Waals surface area contributed by atoms with Crippen LogP contribution < -0.4 is 9.47 Å². The van der Waals surface area contributed by atoms with E-state index in [1.165, 1.54) is 12.1 Å². The first-order valence-electron chi connectivity index (χ1n) is 7.86. The zero-order valence-electron chi connectivity index (χ0n) is 14.3. The summed E-state index contributed by atoms with van der Waals surface area (Å²) in [6, 6.07) is 9.82. The molecule has 0 aliphatic carbocycles. The Morgan fingerprint density at radius 1 is 1.32 bits per heavy atom. The first kappa shape index (κ1) is 18.8. The molecule has 0 heterocycles. The topological polar surface area (TPSA) is 68.1 Å². The van der Waals surface area contributed by atoms with E-state index < -0.39 is 5.97 Å². The number of carboxylic acid groups (broad SMARTS) is 1. The van der Waals surface area contributed by atoms with E-state index in [1.807, 2.05) is 13.8 Å². The number of aliphatic imine (C=N–C) groups is 1. The van der Waals surface area contributed by atoms with Gasteiger partial charge in [-0.3, -0.25) is 4.99 Å². The van der Waals surface area contributed by atoms with Gasteiger partial charge < -0.3 is 14.6 Å². The monoisotopic (exact) mass is 361 g/mol. The van der Waals surface area contributed by atoms with Crippen LogP contribution in [-0.2, 0) is 0 Å². The summed E-state index contributed by atoms with van der Waals surface area (Å²) in [7, 11) is 1.56. The fraction of sp³-hybridized carbons (Fsp3) is 0.263. The van der Waals surface area contributed by atoms with E-state index in [2.05, 4.69) is 4.99 Å². The van der Waals surface area contributed by atoms with Gasteiger partial charge in [0.25, 0.3) is 0 Å². The van der Waals surface area contributed by atoms with Crippen molar-refractivity contribution in [2.75, 3.05) is 7.11 Å². The summed E-state index contributed by atoms with van der Waals surface area (Å²) in [6.45, 7) is 3.99. The molecule has 0 saturated carbocycles. The van der Waals surface area contributed by atoms with Gasteiger partial charge in [-0.05, 0) is 55.3 Å². The molecule has 1 N–H and O–H groups in total. The van der Waals surface area contributed by atoms with Crippen molar-refractivity contribution in [1.29, 1.82) is 0 Å². The van der Waals surface area contributed by atoms with Crippen LogP contribution in [0.2, 0.25) is 5.02 Å². The number of carboxylic acids is 1. The molecule has 0 spiro atoms. The van der Waals surface area contributed by atoms with E-state index in [0.29, 0.717) is 22.2 Å². The van der Waals surface area contributed by atoms with Crippen molar-refractivity contribution in [2.45, 2.75) is 26.4 Å². The number of methoxy groups -OCH3 is 1. The van der Waals surface area contributed by atoms with Gasteiger partial charge in [-0.2, -0.15) is 0 Å². The molecule has 132 valence electrons. The standard InChI is InChI=1S/C19H20ClNO4/c1-4-12(2)25-18-16(20)9-13(10-17(18)24-3)11-21-15-7-5-14(6-8-15)19(22)23/h5-12H,4H2,1-3H3,(H,22,23)/t12-/m0/s1. The Bertz CT molecular complexity index is 772. The Balaban J connectivity index is 2.24. The van der Waals surface area contributed by atoms with E-state index >= 15 is 0 Å². The van der Waals surface area contributed by atoms with E-state index in [9.17, 15) is 4.79 Å². The quantitative estimate of drug-likeness (QED) is 0.706. The van der Waals surface area contributed by atoms with Crippen molar-refractivity contribution in [2.24, 2.45) is 4.99 Å². The Kier molecular flexibility index (Phi) is 6.42. The number of hydrogen-bond acceptors (Lipinski definition) is 4. The summed E-state index contributed by atoms with van der Waals surface area (Å²) in [6.07, 6.45) is 2.52. The van der Waals surface area contributed by atoms with Crippen LogP contribution in [0.1, 0.15) is 36.2 Å². The van der Waals surface area contributed by atoms with Crippen LogP contribution in [0.25, 0.3) is 0 Å². The zero-order chi connectivity index (χ0) is 18.4. The van der Waals surface area contributed by atoms with Crippen molar-refractivity contribution in [3.05, 3.63) is 52.5 Å². The smallest absolute Gasteiger partial charge is 0.335 e. The number of rotatable bonds is 7. The lowest BCUT2D eigenvalue weighted by atomic mass is 10.2. The molecule has 0 aromatic heterocycles. The van der Waals surface area contributed by atoms with E-state index in [-0.39, 0.29) is 11.7 Å². The molecular formula is C19H20ClNO4. The van der Waals surface area contributed by atoms with Gasteiger partial charge in [0.05, 0.1) is 29.5 Å². The lowest BCUT2D eigenvalue weighted by molar-refractivity contribution is 0.0697. The van der Waals surface area contributed by atoms with Gasteiger partial charge in [0.2, 0.25) is 0 Å². The average Bonchev–Trinajstić information content (AvgIpc) is 2.61. The Hall–Kier alpha value is -2.53. The number of aromatic carboxylic acids is 1. The lowest BCUT2D eigenvalue weighted by Gasteiger charge is -2.17. The van der Waals surface area contributed by atoms with E-state index in [4.69, 9.17) is 26.2 Å². The molecule has 0 saturated heterocycles. The zero-order valence-corrected chi connectivity index (χ0v) is 15.1. The molecule has 2 rings (SSSR count). The Morgan fingerprint density at radius 3 is 2.56 bits per heavy atom. The third-order valence-electron chi connectivity index (χ3n) is 3.62. The van der Waals surface area contributed by atoms with Crippen LogP contribution >= 0.6 is 11.6 Å². The molecule has 2 aromatic carbocycles. The maximum Gasteiger partial charge on any atom is 0.335 e. The highest BCUT2D eigenvalue weighted by Crippen LogP contribution is 2.37. The summed E-state index contributed by atoms with van der Waals surface area (Å²) < 4.78 is 11.2. The second-order valence-electron chi connectivity index (χ2n) is 5.48. The molecule has 0 radical (unpaired) electrons. The van der Waals surface area contributed by atoms with Gasteiger partial charge in [-0.1, -0.05) is 18.5 Å². The molecule has 0 fully saturated rings. The number of carbonyl (C=O) groups is 1. The summed E-state index contributed by atoms with van der Waals surface area (Å²) in [5, 5.41) is 9.35. The van der Waals surface area contributed by atoms with Crippen LogP contribution in [0.3, 0.4) is 0 Å². The SMILES string of the molecule is CC[C@H](C)Oc1c(Cl)cc(C=Nc2ccc(C(=O)O)cc2)cc1OC. The second kappa shape index (κ2) is 8.53. The Labute approximate surface area is 151 Å². The molecule has 0 unspecified atom stereocenters.